The first-order valence-electron chi connectivity index (χ1n) is 5.31. The fraction of sp³-hybridized carbons (Fsp3) is 0.538. The van der Waals surface area contributed by atoms with Gasteiger partial charge in [-0.25, -0.2) is 0 Å². The second kappa shape index (κ2) is 5.16. The fourth-order valence-electron chi connectivity index (χ4n) is 1.79. The summed E-state index contributed by atoms with van der Waals surface area (Å²) in [5.74, 6) is 1.34. The minimum absolute atomic E-state index is 0.645. The first-order chi connectivity index (χ1) is 6.61. The summed E-state index contributed by atoms with van der Waals surface area (Å²) in [6.45, 7) is 5.71. The van der Waals surface area contributed by atoms with Crippen molar-refractivity contribution < 1.29 is 0 Å². The highest BCUT2D eigenvalue weighted by Crippen LogP contribution is 2.24. The Morgan fingerprint density at radius 2 is 1.64 bits per heavy atom. The third-order valence-corrected chi connectivity index (χ3v) is 2.59. The van der Waals surface area contributed by atoms with E-state index in [4.69, 9.17) is 0 Å². The van der Waals surface area contributed by atoms with Crippen molar-refractivity contribution in [1.29, 1.82) is 0 Å². The normalized spacial score (nSPS) is 13.6. The van der Waals surface area contributed by atoms with Gasteiger partial charge in [-0.2, -0.15) is 0 Å². The van der Waals surface area contributed by atoms with Crippen molar-refractivity contribution in [1.82, 2.24) is 4.90 Å². The Morgan fingerprint density at radius 3 is 2.07 bits per heavy atom. The second-order valence-corrected chi connectivity index (χ2v) is 4.52. The number of hydrogen-bond acceptors (Lipinski definition) is 1. The largest absolute Gasteiger partial charge is 0.309 e. The number of rotatable bonds is 4. The molecule has 14 heavy (non-hydrogen) atoms. The van der Waals surface area contributed by atoms with Crippen LogP contribution in [-0.4, -0.2) is 25.5 Å². The molecule has 0 unspecified atom stereocenters. The molecular weight excluding hydrogens is 170 g/mol. The highest BCUT2D eigenvalue weighted by Gasteiger charge is 2.15. The van der Waals surface area contributed by atoms with Crippen molar-refractivity contribution >= 4 is 0 Å². The Kier molecular flexibility index (Phi) is 4.15. The smallest absolute Gasteiger partial charge is 0.00466 e. The summed E-state index contributed by atoms with van der Waals surface area (Å²) in [5, 5.41) is 0. The van der Waals surface area contributed by atoms with Gasteiger partial charge in [-0.1, -0.05) is 44.2 Å². The van der Waals surface area contributed by atoms with Gasteiger partial charge in [0, 0.05) is 6.54 Å². The van der Waals surface area contributed by atoms with Crippen LogP contribution in [0.2, 0.25) is 0 Å². The van der Waals surface area contributed by atoms with Gasteiger partial charge in [0.2, 0.25) is 0 Å². The molecule has 0 bridgehead atoms. The third kappa shape index (κ3) is 3.15. The van der Waals surface area contributed by atoms with Gasteiger partial charge < -0.3 is 4.90 Å². The molecule has 0 saturated heterocycles. The van der Waals surface area contributed by atoms with Crippen LogP contribution in [0.15, 0.2) is 30.3 Å². The molecule has 1 heteroatoms. The summed E-state index contributed by atoms with van der Waals surface area (Å²) in [6, 6.07) is 10.8. The van der Waals surface area contributed by atoms with Crippen LogP contribution in [0.25, 0.3) is 0 Å². The predicted molar refractivity (Wildman–Crippen MR) is 62.6 cm³/mol. The van der Waals surface area contributed by atoms with Crippen molar-refractivity contribution in [3.63, 3.8) is 0 Å². The third-order valence-electron chi connectivity index (χ3n) is 2.59. The van der Waals surface area contributed by atoms with Crippen LogP contribution in [-0.2, 0) is 0 Å². The van der Waals surface area contributed by atoms with Crippen LogP contribution in [0.1, 0.15) is 25.3 Å². The molecule has 0 fully saturated rings. The van der Waals surface area contributed by atoms with Gasteiger partial charge in [0.25, 0.3) is 0 Å². The van der Waals surface area contributed by atoms with E-state index in [2.05, 4.69) is 63.2 Å². The van der Waals surface area contributed by atoms with Crippen molar-refractivity contribution in [2.75, 3.05) is 20.6 Å². The Bertz CT molecular complexity index is 251. The van der Waals surface area contributed by atoms with E-state index in [1.807, 2.05) is 0 Å². The zero-order valence-electron chi connectivity index (χ0n) is 9.70. The van der Waals surface area contributed by atoms with Crippen molar-refractivity contribution in [3.05, 3.63) is 35.9 Å². The lowest BCUT2D eigenvalue weighted by molar-refractivity contribution is 0.330. The molecule has 1 rings (SSSR count). The highest BCUT2D eigenvalue weighted by molar-refractivity contribution is 5.20. The minimum Gasteiger partial charge on any atom is -0.309 e. The lowest BCUT2D eigenvalue weighted by Gasteiger charge is -2.24. The maximum Gasteiger partial charge on any atom is 0.00466 e. The number of hydrogen-bond donors (Lipinski definition) is 0. The van der Waals surface area contributed by atoms with Crippen molar-refractivity contribution in [3.8, 4) is 0 Å². The van der Waals surface area contributed by atoms with Crippen LogP contribution >= 0.6 is 0 Å². The van der Waals surface area contributed by atoms with Gasteiger partial charge in [0.1, 0.15) is 0 Å². The molecule has 0 amide bonds. The van der Waals surface area contributed by atoms with E-state index in [1.165, 1.54) is 5.56 Å². The highest BCUT2D eigenvalue weighted by atomic mass is 15.1. The van der Waals surface area contributed by atoms with Crippen LogP contribution in [0, 0.1) is 5.92 Å². The molecule has 0 heterocycles. The summed E-state index contributed by atoms with van der Waals surface area (Å²) in [6.07, 6.45) is 0. The average molecular weight is 191 g/mol. The zero-order valence-corrected chi connectivity index (χ0v) is 9.70. The summed E-state index contributed by atoms with van der Waals surface area (Å²) in [5.41, 5.74) is 1.45. The van der Waals surface area contributed by atoms with E-state index in [0.29, 0.717) is 11.8 Å². The van der Waals surface area contributed by atoms with E-state index < -0.39 is 0 Å². The molecule has 1 aromatic carbocycles. The Labute approximate surface area is 87.7 Å². The quantitative estimate of drug-likeness (QED) is 0.707. The summed E-state index contributed by atoms with van der Waals surface area (Å²) < 4.78 is 0. The Morgan fingerprint density at radius 1 is 1.07 bits per heavy atom. The lowest BCUT2D eigenvalue weighted by Crippen LogP contribution is -2.23. The van der Waals surface area contributed by atoms with Crippen LogP contribution in [0.5, 0.6) is 0 Å². The van der Waals surface area contributed by atoms with Gasteiger partial charge in [-0.05, 0) is 31.5 Å². The second-order valence-electron chi connectivity index (χ2n) is 4.52. The average Bonchev–Trinajstić information content (AvgIpc) is 2.15. The molecule has 1 nitrogen and oxygen atoms in total. The zero-order chi connectivity index (χ0) is 10.6. The van der Waals surface area contributed by atoms with Gasteiger partial charge in [0.05, 0.1) is 0 Å². The topological polar surface area (TPSA) is 3.24 Å². The molecule has 0 aliphatic heterocycles. The molecule has 78 valence electrons. The molecule has 1 aromatic rings. The summed E-state index contributed by atoms with van der Waals surface area (Å²) in [4.78, 5) is 2.26. The number of likely N-dealkylation sites (N-methyl/N-ethyl adjacent to an activating group) is 1. The maximum absolute atomic E-state index is 2.29. The summed E-state index contributed by atoms with van der Waals surface area (Å²) in [7, 11) is 4.27. The van der Waals surface area contributed by atoms with Crippen LogP contribution < -0.4 is 0 Å². The molecule has 0 radical (unpaired) electrons. The Hall–Kier alpha value is -0.820. The first kappa shape index (κ1) is 11.3. The first-order valence-corrected chi connectivity index (χ1v) is 5.31. The standard InChI is InChI=1S/C13H21N/c1-11(2)13(10-14(3)4)12-8-6-5-7-9-12/h5-9,11,13H,10H2,1-4H3/t13-/m1/s1. The van der Waals surface area contributed by atoms with Gasteiger partial charge in [-0.15, -0.1) is 0 Å². The molecule has 0 spiro atoms. The SMILES string of the molecule is CC(C)[C@@H](CN(C)C)c1ccccc1. The maximum atomic E-state index is 2.29. The fourth-order valence-corrected chi connectivity index (χ4v) is 1.79. The molecule has 0 saturated carbocycles. The van der Waals surface area contributed by atoms with E-state index in [9.17, 15) is 0 Å². The molecule has 0 aliphatic carbocycles. The number of nitrogens with zero attached hydrogens (tertiary/aromatic N) is 1. The van der Waals surface area contributed by atoms with Gasteiger partial charge in [0.15, 0.2) is 0 Å². The van der Waals surface area contributed by atoms with E-state index in [-0.39, 0.29) is 0 Å². The van der Waals surface area contributed by atoms with Crippen LogP contribution in [0.4, 0.5) is 0 Å². The lowest BCUT2D eigenvalue weighted by atomic mass is 9.88. The van der Waals surface area contributed by atoms with Gasteiger partial charge in [-0.3, -0.25) is 0 Å². The van der Waals surface area contributed by atoms with Crippen molar-refractivity contribution in [2.24, 2.45) is 5.92 Å². The number of benzene rings is 1. The Balaban J connectivity index is 2.78. The van der Waals surface area contributed by atoms with Crippen LogP contribution in [0.3, 0.4) is 0 Å². The molecule has 0 aromatic heterocycles. The van der Waals surface area contributed by atoms with E-state index in [1.54, 1.807) is 0 Å². The monoisotopic (exact) mass is 191 g/mol. The van der Waals surface area contributed by atoms with E-state index in [0.717, 1.165) is 6.54 Å². The molecule has 1 atom stereocenters. The van der Waals surface area contributed by atoms with Crippen molar-refractivity contribution in [2.45, 2.75) is 19.8 Å². The molecular formula is C13H21N. The predicted octanol–water partition coefficient (Wildman–Crippen LogP) is 2.99. The van der Waals surface area contributed by atoms with Gasteiger partial charge >= 0.3 is 0 Å². The molecule has 0 aliphatic rings. The summed E-state index contributed by atoms with van der Waals surface area (Å²) >= 11 is 0. The molecule has 0 N–H and O–H groups in total. The minimum atomic E-state index is 0.645. The van der Waals surface area contributed by atoms with E-state index >= 15 is 0 Å².